The van der Waals surface area contributed by atoms with Gasteiger partial charge >= 0.3 is 6.03 Å². The van der Waals surface area contributed by atoms with Gasteiger partial charge in [-0.25, -0.2) is 9.78 Å². The van der Waals surface area contributed by atoms with Gasteiger partial charge in [0.2, 0.25) is 5.89 Å². The van der Waals surface area contributed by atoms with E-state index in [1.807, 2.05) is 77.7 Å². The van der Waals surface area contributed by atoms with Gasteiger partial charge in [0, 0.05) is 13.1 Å². The Balaban J connectivity index is 1.35. The molecule has 2 heterocycles. The predicted octanol–water partition coefficient (Wildman–Crippen LogP) is 5.55. The molecule has 5 rings (SSSR count). The molecule has 1 N–H and O–H groups in total. The first-order valence-electron chi connectivity index (χ1n) is 10.8. The summed E-state index contributed by atoms with van der Waals surface area (Å²) < 4.78 is 11.4. The van der Waals surface area contributed by atoms with E-state index in [9.17, 15) is 4.79 Å². The van der Waals surface area contributed by atoms with Crippen molar-refractivity contribution in [3.05, 3.63) is 84.3 Å². The number of methoxy groups -OCH3 is 1. The average Bonchev–Trinajstić information content (AvgIpc) is 3.50. The number of oxazole rings is 1. The predicted molar refractivity (Wildman–Crippen MR) is 123 cm³/mol. The number of likely N-dealkylation sites (tertiary alicyclic amines) is 1. The second-order valence-corrected chi connectivity index (χ2v) is 7.96. The lowest BCUT2D eigenvalue weighted by atomic mass is 10.1. The summed E-state index contributed by atoms with van der Waals surface area (Å²) in [6.07, 6.45) is 1.77. The molecule has 0 spiro atoms. The Bertz CT molecular complexity index is 1240. The normalized spacial score (nSPS) is 15.8. The van der Waals surface area contributed by atoms with Crippen molar-refractivity contribution in [3.63, 3.8) is 0 Å². The monoisotopic (exact) mass is 427 g/mol. The maximum absolute atomic E-state index is 12.9. The zero-order valence-electron chi connectivity index (χ0n) is 18.0. The fourth-order valence-electron chi connectivity index (χ4n) is 4.21. The first-order chi connectivity index (χ1) is 15.7. The van der Waals surface area contributed by atoms with Gasteiger partial charge in [0.15, 0.2) is 5.58 Å². The third kappa shape index (κ3) is 4.04. The van der Waals surface area contributed by atoms with Gasteiger partial charge in [-0.05, 0) is 53.8 Å². The van der Waals surface area contributed by atoms with Gasteiger partial charge in [0.1, 0.15) is 17.3 Å². The van der Waals surface area contributed by atoms with Gasteiger partial charge in [-0.2, -0.15) is 0 Å². The van der Waals surface area contributed by atoms with Crippen LogP contribution in [0.5, 0.6) is 5.75 Å². The van der Waals surface area contributed by atoms with Gasteiger partial charge in [0.25, 0.3) is 0 Å². The van der Waals surface area contributed by atoms with Crippen molar-refractivity contribution in [1.29, 1.82) is 0 Å². The Labute approximate surface area is 186 Å². The van der Waals surface area contributed by atoms with Crippen LogP contribution in [0, 0.1) is 0 Å². The van der Waals surface area contributed by atoms with Crippen LogP contribution in [0.4, 0.5) is 4.79 Å². The summed E-state index contributed by atoms with van der Waals surface area (Å²) in [4.78, 5) is 19.4. The molecular formula is C26H25N3O3. The van der Waals surface area contributed by atoms with Gasteiger partial charge < -0.3 is 19.4 Å². The van der Waals surface area contributed by atoms with Crippen molar-refractivity contribution in [2.24, 2.45) is 0 Å². The number of hydrogen-bond donors (Lipinski definition) is 1. The highest BCUT2D eigenvalue weighted by Crippen LogP contribution is 2.34. The standard InChI is InChI=1S/C26H25N3O3/c1-31-21-10-5-9-19(15-21)20-12-13-24-22(16-20)28-25(32-24)23-11-6-14-29(23)26(30)27-17-18-7-3-2-4-8-18/h2-5,7-10,12-13,15-16,23H,6,11,14,17H2,1H3,(H,27,30). The number of ether oxygens (including phenoxy) is 1. The Morgan fingerprint density at radius 3 is 2.78 bits per heavy atom. The van der Waals surface area contributed by atoms with E-state index in [0.717, 1.165) is 46.4 Å². The average molecular weight is 428 g/mol. The summed E-state index contributed by atoms with van der Waals surface area (Å²) in [5.74, 6) is 1.40. The molecule has 32 heavy (non-hydrogen) atoms. The fourth-order valence-corrected chi connectivity index (χ4v) is 4.21. The molecule has 1 unspecified atom stereocenters. The molecule has 3 aromatic carbocycles. The smallest absolute Gasteiger partial charge is 0.318 e. The maximum atomic E-state index is 12.9. The van der Waals surface area contributed by atoms with Crippen LogP contribution in [-0.2, 0) is 6.54 Å². The lowest BCUT2D eigenvalue weighted by Gasteiger charge is -2.22. The quantitative estimate of drug-likeness (QED) is 0.453. The number of fused-ring (bicyclic) bond motifs is 1. The van der Waals surface area contributed by atoms with Crippen molar-refractivity contribution in [2.45, 2.75) is 25.4 Å². The van der Waals surface area contributed by atoms with E-state index in [-0.39, 0.29) is 12.1 Å². The fraction of sp³-hybridized carbons (Fsp3) is 0.231. The molecule has 1 fully saturated rings. The molecule has 4 aromatic rings. The summed E-state index contributed by atoms with van der Waals surface area (Å²) in [7, 11) is 1.66. The molecule has 1 saturated heterocycles. The lowest BCUT2D eigenvalue weighted by molar-refractivity contribution is 0.184. The zero-order valence-corrected chi connectivity index (χ0v) is 18.0. The molecule has 1 aromatic heterocycles. The number of nitrogens with zero attached hydrogens (tertiary/aromatic N) is 2. The number of carbonyl (C=O) groups is 1. The number of urea groups is 1. The molecule has 2 amide bonds. The molecule has 0 radical (unpaired) electrons. The number of benzene rings is 3. The van der Waals surface area contributed by atoms with E-state index in [0.29, 0.717) is 19.0 Å². The molecule has 0 aliphatic carbocycles. The molecule has 0 bridgehead atoms. The van der Waals surface area contributed by atoms with E-state index in [1.54, 1.807) is 7.11 Å². The molecule has 6 nitrogen and oxygen atoms in total. The van der Waals surface area contributed by atoms with Crippen LogP contribution in [0.3, 0.4) is 0 Å². The summed E-state index contributed by atoms with van der Waals surface area (Å²) in [6.45, 7) is 1.19. The molecule has 0 saturated carbocycles. The summed E-state index contributed by atoms with van der Waals surface area (Å²) in [5, 5.41) is 3.02. The molecule has 1 aliphatic rings. The number of nitrogens with one attached hydrogen (secondary N) is 1. The van der Waals surface area contributed by atoms with Crippen LogP contribution < -0.4 is 10.1 Å². The van der Waals surface area contributed by atoms with E-state index in [4.69, 9.17) is 14.1 Å². The number of amides is 2. The van der Waals surface area contributed by atoms with E-state index >= 15 is 0 Å². The van der Waals surface area contributed by atoms with Gasteiger partial charge in [-0.1, -0.05) is 48.5 Å². The van der Waals surface area contributed by atoms with Crippen molar-refractivity contribution >= 4 is 17.1 Å². The van der Waals surface area contributed by atoms with E-state index in [2.05, 4.69) is 5.32 Å². The first kappa shape index (κ1) is 20.1. The highest BCUT2D eigenvalue weighted by atomic mass is 16.5. The third-order valence-electron chi connectivity index (χ3n) is 5.89. The second kappa shape index (κ2) is 8.75. The zero-order chi connectivity index (χ0) is 21.9. The Hall–Kier alpha value is -3.80. The first-order valence-corrected chi connectivity index (χ1v) is 10.8. The Morgan fingerprint density at radius 1 is 1.09 bits per heavy atom. The van der Waals surface area contributed by atoms with Crippen LogP contribution in [0.25, 0.3) is 22.2 Å². The van der Waals surface area contributed by atoms with Crippen LogP contribution >= 0.6 is 0 Å². The number of aromatic nitrogens is 1. The van der Waals surface area contributed by atoms with E-state index < -0.39 is 0 Å². The summed E-state index contributed by atoms with van der Waals surface area (Å²) in [6, 6.07) is 23.6. The highest BCUT2D eigenvalue weighted by Gasteiger charge is 2.33. The Morgan fingerprint density at radius 2 is 1.94 bits per heavy atom. The minimum Gasteiger partial charge on any atom is -0.497 e. The summed E-state index contributed by atoms with van der Waals surface area (Å²) in [5.41, 5.74) is 4.68. The highest BCUT2D eigenvalue weighted by molar-refractivity contribution is 5.81. The van der Waals surface area contributed by atoms with Gasteiger partial charge in [-0.15, -0.1) is 0 Å². The van der Waals surface area contributed by atoms with Crippen LogP contribution in [-0.4, -0.2) is 29.6 Å². The minimum atomic E-state index is -0.154. The van der Waals surface area contributed by atoms with Crippen LogP contribution in [0.1, 0.15) is 30.3 Å². The topological polar surface area (TPSA) is 67.6 Å². The minimum absolute atomic E-state index is 0.0873. The largest absolute Gasteiger partial charge is 0.497 e. The van der Waals surface area contributed by atoms with Crippen LogP contribution in [0.15, 0.2) is 77.2 Å². The maximum Gasteiger partial charge on any atom is 0.318 e. The second-order valence-electron chi connectivity index (χ2n) is 7.96. The van der Waals surface area contributed by atoms with Gasteiger partial charge in [-0.3, -0.25) is 0 Å². The molecule has 162 valence electrons. The number of carbonyl (C=O) groups excluding carboxylic acids is 1. The van der Waals surface area contributed by atoms with Crippen molar-refractivity contribution < 1.29 is 13.9 Å². The van der Waals surface area contributed by atoms with Crippen molar-refractivity contribution in [1.82, 2.24) is 15.2 Å². The molecule has 6 heteroatoms. The van der Waals surface area contributed by atoms with E-state index in [1.165, 1.54) is 0 Å². The molecule has 1 aliphatic heterocycles. The van der Waals surface area contributed by atoms with Crippen molar-refractivity contribution in [2.75, 3.05) is 13.7 Å². The third-order valence-corrected chi connectivity index (χ3v) is 5.89. The lowest BCUT2D eigenvalue weighted by Crippen LogP contribution is -2.39. The van der Waals surface area contributed by atoms with Crippen LogP contribution in [0.2, 0.25) is 0 Å². The molecular weight excluding hydrogens is 402 g/mol. The molecule has 1 atom stereocenters. The SMILES string of the molecule is COc1cccc(-c2ccc3oc(C4CCCN4C(=O)NCc4ccccc4)nc3c2)c1. The number of hydrogen-bond acceptors (Lipinski definition) is 4. The number of rotatable bonds is 5. The van der Waals surface area contributed by atoms with Gasteiger partial charge in [0.05, 0.1) is 7.11 Å². The van der Waals surface area contributed by atoms with Crippen molar-refractivity contribution in [3.8, 4) is 16.9 Å². The Kier molecular flexibility index (Phi) is 5.50. The summed E-state index contributed by atoms with van der Waals surface area (Å²) >= 11 is 0.